The lowest BCUT2D eigenvalue weighted by Gasteiger charge is -2.13. The zero-order valence-corrected chi connectivity index (χ0v) is 10.2. The normalized spacial score (nSPS) is 11.6. The van der Waals surface area contributed by atoms with E-state index in [2.05, 4.69) is 0 Å². The molecule has 0 atom stereocenters. The van der Waals surface area contributed by atoms with Crippen molar-refractivity contribution in [2.75, 3.05) is 12.8 Å². The van der Waals surface area contributed by atoms with Gasteiger partial charge in [0.2, 0.25) is 0 Å². The van der Waals surface area contributed by atoms with Crippen molar-refractivity contribution in [3.8, 4) is 5.75 Å². The van der Waals surface area contributed by atoms with Crippen molar-refractivity contribution in [2.24, 2.45) is 5.92 Å². The van der Waals surface area contributed by atoms with E-state index in [0.29, 0.717) is 11.4 Å². The summed E-state index contributed by atoms with van der Waals surface area (Å²) >= 11 is 0. The molecule has 3 N–H and O–H groups in total. The average molecular weight is 235 g/mol. The van der Waals surface area contributed by atoms with Gasteiger partial charge in [0, 0.05) is 6.08 Å². The summed E-state index contributed by atoms with van der Waals surface area (Å²) in [6.07, 6.45) is 1.22. The van der Waals surface area contributed by atoms with E-state index in [4.69, 9.17) is 15.6 Å². The highest BCUT2D eigenvalue weighted by Gasteiger charge is 2.10. The number of carboxylic acids is 1. The summed E-state index contributed by atoms with van der Waals surface area (Å²) in [5.74, 6) is -0.289. The molecular weight excluding hydrogens is 218 g/mol. The summed E-state index contributed by atoms with van der Waals surface area (Å²) in [4.78, 5) is 10.8. The molecule has 0 spiro atoms. The Hall–Kier alpha value is -1.97. The third kappa shape index (κ3) is 3.24. The number of nitrogen functional groups attached to an aromatic ring is 1. The number of carbonyl (C=O) groups is 1. The highest BCUT2D eigenvalue weighted by molar-refractivity contribution is 5.90. The van der Waals surface area contributed by atoms with E-state index >= 15 is 0 Å². The first-order chi connectivity index (χ1) is 7.95. The van der Waals surface area contributed by atoms with Crippen molar-refractivity contribution in [3.05, 3.63) is 29.8 Å². The lowest BCUT2D eigenvalue weighted by atomic mass is 9.94. The van der Waals surface area contributed by atoms with Crippen LogP contribution in [0, 0.1) is 5.92 Å². The topological polar surface area (TPSA) is 72.5 Å². The molecule has 0 aliphatic rings. The van der Waals surface area contributed by atoms with Crippen LogP contribution in [0.15, 0.2) is 24.3 Å². The largest absolute Gasteiger partial charge is 0.495 e. The van der Waals surface area contributed by atoms with Crippen LogP contribution in [0.25, 0.3) is 5.57 Å². The minimum atomic E-state index is -0.954. The Balaban J connectivity index is 3.25. The molecule has 0 radical (unpaired) electrons. The molecule has 0 aliphatic heterocycles. The standard InChI is InChI=1S/C13H17NO3/c1-8(2)10(7-13(15)16)9-4-5-11(14)12(6-9)17-3/h4-8H,14H2,1-3H3,(H,15,16). The van der Waals surface area contributed by atoms with Gasteiger partial charge in [0.1, 0.15) is 5.75 Å². The predicted molar refractivity (Wildman–Crippen MR) is 67.9 cm³/mol. The average Bonchev–Trinajstić information content (AvgIpc) is 2.26. The monoisotopic (exact) mass is 235 g/mol. The third-order valence-electron chi connectivity index (χ3n) is 2.47. The fourth-order valence-corrected chi connectivity index (χ4v) is 1.61. The molecule has 0 heterocycles. The van der Waals surface area contributed by atoms with E-state index in [1.807, 2.05) is 13.8 Å². The first-order valence-electron chi connectivity index (χ1n) is 5.34. The Labute approximate surface area is 101 Å². The van der Waals surface area contributed by atoms with Crippen molar-refractivity contribution < 1.29 is 14.6 Å². The molecule has 0 unspecified atom stereocenters. The first kappa shape index (κ1) is 13.1. The minimum Gasteiger partial charge on any atom is -0.495 e. The molecule has 4 nitrogen and oxygen atoms in total. The summed E-state index contributed by atoms with van der Waals surface area (Å²) in [6, 6.07) is 5.27. The van der Waals surface area contributed by atoms with Crippen LogP contribution >= 0.6 is 0 Å². The molecule has 4 heteroatoms. The molecule has 1 rings (SSSR count). The molecule has 0 aliphatic carbocycles. The highest BCUT2D eigenvalue weighted by Crippen LogP contribution is 2.29. The first-order valence-corrected chi connectivity index (χ1v) is 5.34. The van der Waals surface area contributed by atoms with Crippen LogP contribution in [0.4, 0.5) is 5.69 Å². The number of ether oxygens (including phenoxy) is 1. The van der Waals surface area contributed by atoms with E-state index in [1.54, 1.807) is 18.2 Å². The molecule has 92 valence electrons. The molecule has 0 amide bonds. The fourth-order valence-electron chi connectivity index (χ4n) is 1.61. The van der Waals surface area contributed by atoms with Crippen LogP contribution in [-0.4, -0.2) is 18.2 Å². The smallest absolute Gasteiger partial charge is 0.328 e. The second-order valence-electron chi connectivity index (χ2n) is 4.05. The van der Waals surface area contributed by atoms with Gasteiger partial charge in [0.15, 0.2) is 0 Å². The molecule has 0 fully saturated rings. The highest BCUT2D eigenvalue weighted by atomic mass is 16.5. The van der Waals surface area contributed by atoms with Crippen molar-refractivity contribution in [2.45, 2.75) is 13.8 Å². The molecule has 1 aromatic carbocycles. The SMILES string of the molecule is COc1cc(C(=CC(=O)O)C(C)C)ccc1N. The maximum absolute atomic E-state index is 10.8. The van der Waals surface area contributed by atoms with Crippen LogP contribution in [0.1, 0.15) is 19.4 Å². The molecule has 0 saturated carbocycles. The van der Waals surface area contributed by atoms with E-state index < -0.39 is 5.97 Å². The maximum Gasteiger partial charge on any atom is 0.328 e. The summed E-state index contributed by atoms with van der Waals surface area (Å²) in [7, 11) is 1.53. The Morgan fingerprint density at radius 3 is 2.59 bits per heavy atom. The second-order valence-corrected chi connectivity index (χ2v) is 4.05. The van der Waals surface area contributed by atoms with Crippen molar-refractivity contribution in [1.29, 1.82) is 0 Å². The number of aliphatic carboxylic acids is 1. The Morgan fingerprint density at radius 2 is 2.12 bits per heavy atom. The number of nitrogens with two attached hydrogens (primary N) is 1. The van der Waals surface area contributed by atoms with Gasteiger partial charge in [-0.1, -0.05) is 19.9 Å². The van der Waals surface area contributed by atoms with Gasteiger partial charge >= 0.3 is 5.97 Å². The number of rotatable bonds is 4. The molecule has 1 aromatic rings. The maximum atomic E-state index is 10.8. The van der Waals surface area contributed by atoms with E-state index in [1.165, 1.54) is 13.2 Å². The quantitative estimate of drug-likeness (QED) is 0.621. The number of methoxy groups -OCH3 is 1. The van der Waals surface area contributed by atoms with Gasteiger partial charge in [-0.05, 0) is 29.2 Å². The van der Waals surface area contributed by atoms with Crippen LogP contribution < -0.4 is 10.5 Å². The number of anilines is 1. The lowest BCUT2D eigenvalue weighted by molar-refractivity contribution is -0.131. The van der Waals surface area contributed by atoms with Crippen molar-refractivity contribution >= 4 is 17.2 Å². The Bertz CT molecular complexity index is 450. The van der Waals surface area contributed by atoms with Gasteiger partial charge in [-0.15, -0.1) is 0 Å². The van der Waals surface area contributed by atoms with Gasteiger partial charge in [0.25, 0.3) is 0 Å². The van der Waals surface area contributed by atoms with Gasteiger partial charge in [-0.25, -0.2) is 4.79 Å². The molecule has 0 aromatic heterocycles. The number of benzene rings is 1. The fraction of sp³-hybridized carbons (Fsp3) is 0.308. The Kier molecular flexibility index (Phi) is 4.15. The van der Waals surface area contributed by atoms with E-state index in [-0.39, 0.29) is 5.92 Å². The predicted octanol–water partition coefficient (Wildman–Crippen LogP) is 2.40. The van der Waals surface area contributed by atoms with Crippen LogP contribution in [-0.2, 0) is 4.79 Å². The molecule has 17 heavy (non-hydrogen) atoms. The zero-order valence-electron chi connectivity index (χ0n) is 10.2. The van der Waals surface area contributed by atoms with Crippen LogP contribution in [0.5, 0.6) is 5.75 Å². The molecule has 0 saturated heterocycles. The third-order valence-corrected chi connectivity index (χ3v) is 2.47. The van der Waals surface area contributed by atoms with Gasteiger partial charge < -0.3 is 15.6 Å². The van der Waals surface area contributed by atoms with Crippen LogP contribution in [0.2, 0.25) is 0 Å². The number of hydrogen-bond donors (Lipinski definition) is 2. The van der Waals surface area contributed by atoms with Crippen molar-refractivity contribution in [3.63, 3.8) is 0 Å². The van der Waals surface area contributed by atoms with Gasteiger partial charge in [0.05, 0.1) is 12.8 Å². The number of carboxylic acid groups (broad SMARTS) is 1. The van der Waals surface area contributed by atoms with Gasteiger partial charge in [-0.3, -0.25) is 0 Å². The van der Waals surface area contributed by atoms with Crippen LogP contribution in [0.3, 0.4) is 0 Å². The van der Waals surface area contributed by atoms with Gasteiger partial charge in [-0.2, -0.15) is 0 Å². The van der Waals surface area contributed by atoms with Crippen molar-refractivity contribution in [1.82, 2.24) is 0 Å². The van der Waals surface area contributed by atoms with E-state index in [9.17, 15) is 4.79 Å². The summed E-state index contributed by atoms with van der Waals surface area (Å²) in [5.41, 5.74) is 7.81. The second kappa shape index (κ2) is 5.39. The lowest BCUT2D eigenvalue weighted by Crippen LogP contribution is -2.00. The summed E-state index contributed by atoms with van der Waals surface area (Å²) in [5, 5.41) is 8.84. The zero-order chi connectivity index (χ0) is 13.0. The minimum absolute atomic E-state index is 0.111. The molecule has 0 bridgehead atoms. The van der Waals surface area contributed by atoms with E-state index in [0.717, 1.165) is 11.1 Å². The number of allylic oxidation sites excluding steroid dienone is 1. The summed E-state index contributed by atoms with van der Waals surface area (Å²) < 4.78 is 5.12. The molecular formula is C13H17NO3. The number of hydrogen-bond acceptors (Lipinski definition) is 3. The Morgan fingerprint density at radius 1 is 1.47 bits per heavy atom. The summed E-state index contributed by atoms with van der Waals surface area (Å²) in [6.45, 7) is 3.88.